The van der Waals surface area contributed by atoms with Crippen molar-refractivity contribution in [1.82, 2.24) is 10.2 Å². The highest BCUT2D eigenvalue weighted by Crippen LogP contribution is 2.08. The number of alkyl carbamates (subject to hydrolysis) is 1. The van der Waals surface area contributed by atoms with E-state index in [4.69, 9.17) is 9.88 Å². The number of hydrogen-bond acceptors (Lipinski definition) is 5. The Bertz CT molecular complexity index is 600. The lowest BCUT2D eigenvalue weighted by Gasteiger charge is -2.09. The zero-order chi connectivity index (χ0) is 18.0. The Kier molecular flexibility index (Phi) is 8.73. The highest BCUT2D eigenvalue weighted by Gasteiger charge is 2.07. The van der Waals surface area contributed by atoms with Crippen molar-refractivity contribution in [2.24, 2.45) is 5.14 Å². The number of nitrogens with zero attached hydrogens (tertiary/aromatic N) is 1. The summed E-state index contributed by atoms with van der Waals surface area (Å²) in [7, 11) is 0.411. The van der Waals surface area contributed by atoms with Gasteiger partial charge in [-0.25, -0.2) is 18.4 Å². The molecule has 0 radical (unpaired) electrons. The molecule has 0 bridgehead atoms. The molecular weight excluding hydrogens is 330 g/mol. The number of primary sulfonamides is 1. The molecule has 1 rings (SSSR count). The van der Waals surface area contributed by atoms with E-state index in [-0.39, 0.29) is 11.4 Å². The molecule has 0 saturated heterocycles. The number of hydrogen-bond donors (Lipinski definition) is 2. The third-order valence-corrected chi connectivity index (χ3v) is 4.35. The first-order valence-electron chi connectivity index (χ1n) is 7.96. The summed E-state index contributed by atoms with van der Waals surface area (Å²) in [5.74, 6) is 0. The number of ether oxygens (including phenoxy) is 1. The first-order chi connectivity index (χ1) is 11.3. The number of sulfonamides is 1. The molecule has 0 aromatic heterocycles. The third kappa shape index (κ3) is 8.85. The molecule has 1 aromatic rings. The summed E-state index contributed by atoms with van der Waals surface area (Å²) in [6.07, 6.45) is 3.69. The monoisotopic (exact) mass is 357 g/mol. The largest absolute Gasteiger partial charge is 0.450 e. The molecule has 8 heteroatoms. The number of nitrogens with one attached hydrogen (secondary N) is 1. The van der Waals surface area contributed by atoms with Crippen LogP contribution in [0, 0.1) is 0 Å². The molecule has 0 fully saturated rings. The average molecular weight is 357 g/mol. The predicted octanol–water partition coefficient (Wildman–Crippen LogP) is 1.68. The van der Waals surface area contributed by atoms with Gasteiger partial charge in [0, 0.05) is 6.54 Å². The molecule has 7 nitrogen and oxygen atoms in total. The van der Waals surface area contributed by atoms with Crippen LogP contribution in [0.15, 0.2) is 29.2 Å². The molecule has 24 heavy (non-hydrogen) atoms. The minimum Gasteiger partial charge on any atom is -0.450 e. The van der Waals surface area contributed by atoms with E-state index in [0.29, 0.717) is 6.61 Å². The Morgan fingerprint density at radius 1 is 1.12 bits per heavy atom. The van der Waals surface area contributed by atoms with Crippen LogP contribution in [0.25, 0.3) is 0 Å². The van der Waals surface area contributed by atoms with Crippen molar-refractivity contribution in [1.29, 1.82) is 0 Å². The second kappa shape index (κ2) is 10.3. The normalized spacial score (nSPS) is 11.5. The Hall–Kier alpha value is -1.64. The van der Waals surface area contributed by atoms with E-state index >= 15 is 0 Å². The summed E-state index contributed by atoms with van der Waals surface area (Å²) in [4.78, 5) is 13.8. The van der Waals surface area contributed by atoms with Crippen molar-refractivity contribution in [3.8, 4) is 0 Å². The van der Waals surface area contributed by atoms with Gasteiger partial charge in [0.1, 0.15) is 0 Å². The summed E-state index contributed by atoms with van der Waals surface area (Å²) in [6, 6.07) is 6.02. The summed E-state index contributed by atoms with van der Waals surface area (Å²) >= 11 is 0. The van der Waals surface area contributed by atoms with Crippen molar-refractivity contribution in [3.63, 3.8) is 0 Å². The first-order valence-corrected chi connectivity index (χ1v) is 9.51. The Labute approximate surface area is 144 Å². The maximum atomic E-state index is 11.6. The average Bonchev–Trinajstić information content (AvgIpc) is 2.51. The Morgan fingerprint density at radius 3 is 2.33 bits per heavy atom. The maximum Gasteiger partial charge on any atom is 0.407 e. The second-order valence-electron chi connectivity index (χ2n) is 5.90. The van der Waals surface area contributed by atoms with Crippen molar-refractivity contribution in [2.75, 3.05) is 27.2 Å². The van der Waals surface area contributed by atoms with Crippen molar-refractivity contribution in [3.05, 3.63) is 29.8 Å². The molecule has 3 N–H and O–H groups in total. The van der Waals surface area contributed by atoms with Gasteiger partial charge in [0.15, 0.2) is 0 Å². The van der Waals surface area contributed by atoms with Crippen LogP contribution in [0.1, 0.15) is 31.2 Å². The molecule has 1 aromatic carbocycles. The minimum atomic E-state index is -3.69. The van der Waals surface area contributed by atoms with E-state index < -0.39 is 16.1 Å². The smallest absolute Gasteiger partial charge is 0.407 e. The molecule has 0 aliphatic carbocycles. The van der Waals surface area contributed by atoms with E-state index in [2.05, 4.69) is 24.3 Å². The maximum absolute atomic E-state index is 11.6. The highest BCUT2D eigenvalue weighted by atomic mass is 32.2. The van der Waals surface area contributed by atoms with Gasteiger partial charge in [0.25, 0.3) is 0 Å². The second-order valence-corrected chi connectivity index (χ2v) is 7.46. The van der Waals surface area contributed by atoms with Gasteiger partial charge in [-0.2, -0.15) is 0 Å². The fourth-order valence-corrected chi connectivity index (χ4v) is 2.59. The van der Waals surface area contributed by atoms with E-state index in [9.17, 15) is 13.2 Å². The fourth-order valence-electron chi connectivity index (χ4n) is 2.07. The summed E-state index contributed by atoms with van der Waals surface area (Å²) in [5, 5.41) is 7.65. The van der Waals surface area contributed by atoms with Gasteiger partial charge < -0.3 is 15.0 Å². The van der Waals surface area contributed by atoms with Crippen LogP contribution < -0.4 is 10.5 Å². The first kappa shape index (κ1) is 20.4. The Balaban J connectivity index is 2.15. The van der Waals surface area contributed by atoms with Gasteiger partial charge in [-0.1, -0.05) is 25.0 Å². The van der Waals surface area contributed by atoms with Gasteiger partial charge >= 0.3 is 6.09 Å². The van der Waals surface area contributed by atoms with Gasteiger partial charge in [0.2, 0.25) is 10.0 Å². The van der Waals surface area contributed by atoms with Crippen LogP contribution >= 0.6 is 0 Å². The van der Waals surface area contributed by atoms with Crippen LogP contribution in [0.4, 0.5) is 4.79 Å². The lowest BCUT2D eigenvalue weighted by Crippen LogP contribution is -2.24. The fraction of sp³-hybridized carbons (Fsp3) is 0.562. The number of unbranched alkanes of at least 4 members (excludes halogenated alkanes) is 3. The van der Waals surface area contributed by atoms with E-state index in [1.165, 1.54) is 12.1 Å². The van der Waals surface area contributed by atoms with Crippen LogP contribution in [0.2, 0.25) is 0 Å². The molecule has 0 heterocycles. The highest BCUT2D eigenvalue weighted by molar-refractivity contribution is 7.89. The van der Waals surface area contributed by atoms with Gasteiger partial charge in [-0.05, 0) is 51.2 Å². The molecule has 0 aliphatic rings. The van der Waals surface area contributed by atoms with Crippen LogP contribution in [-0.4, -0.2) is 46.7 Å². The number of nitrogens with two attached hydrogens (primary N) is 1. The SMILES string of the molecule is CN(C)CCCCCCOC(=O)NCc1ccc(S(N)(=O)=O)cc1. The van der Waals surface area contributed by atoms with Crippen molar-refractivity contribution >= 4 is 16.1 Å². The third-order valence-electron chi connectivity index (χ3n) is 3.42. The molecule has 0 unspecified atom stereocenters. The standard InChI is InChI=1S/C16H27N3O4S/c1-19(2)11-5-3-4-6-12-23-16(20)18-13-14-7-9-15(10-8-14)24(17,21)22/h7-10H,3-6,11-13H2,1-2H3,(H,18,20)(H2,17,21,22). The summed E-state index contributed by atoms with van der Waals surface area (Å²) in [6.45, 7) is 1.75. The molecule has 136 valence electrons. The van der Waals surface area contributed by atoms with Crippen LogP contribution in [0.3, 0.4) is 0 Å². The summed E-state index contributed by atoms with van der Waals surface area (Å²) in [5.41, 5.74) is 0.767. The number of amides is 1. The molecule has 0 spiro atoms. The number of carbonyl (C=O) groups excluding carboxylic acids is 1. The molecular formula is C16H27N3O4S. The number of rotatable bonds is 10. The molecule has 0 aliphatic heterocycles. The van der Waals surface area contributed by atoms with Crippen molar-refractivity contribution in [2.45, 2.75) is 37.1 Å². The summed E-state index contributed by atoms with van der Waals surface area (Å²) < 4.78 is 27.4. The predicted molar refractivity (Wildman–Crippen MR) is 93.0 cm³/mol. The zero-order valence-corrected chi connectivity index (χ0v) is 15.1. The number of benzene rings is 1. The van der Waals surface area contributed by atoms with Crippen LogP contribution in [-0.2, 0) is 21.3 Å². The van der Waals surface area contributed by atoms with E-state index in [1.54, 1.807) is 12.1 Å². The van der Waals surface area contributed by atoms with Gasteiger partial charge in [-0.15, -0.1) is 0 Å². The van der Waals surface area contributed by atoms with E-state index in [1.807, 2.05) is 0 Å². The van der Waals surface area contributed by atoms with Gasteiger partial charge in [-0.3, -0.25) is 0 Å². The topological polar surface area (TPSA) is 102 Å². The molecule has 0 atom stereocenters. The quantitative estimate of drug-likeness (QED) is 0.620. The van der Waals surface area contributed by atoms with Crippen LogP contribution in [0.5, 0.6) is 0 Å². The number of carbonyl (C=O) groups is 1. The lowest BCUT2D eigenvalue weighted by atomic mass is 10.2. The zero-order valence-electron chi connectivity index (χ0n) is 14.3. The molecule has 1 amide bonds. The minimum absolute atomic E-state index is 0.0445. The van der Waals surface area contributed by atoms with E-state index in [0.717, 1.165) is 37.8 Å². The van der Waals surface area contributed by atoms with Gasteiger partial charge in [0.05, 0.1) is 11.5 Å². The molecule has 0 saturated carbocycles. The Morgan fingerprint density at radius 2 is 1.75 bits per heavy atom. The lowest BCUT2D eigenvalue weighted by molar-refractivity contribution is 0.143. The van der Waals surface area contributed by atoms with Crippen molar-refractivity contribution < 1.29 is 17.9 Å².